The minimum atomic E-state index is 0.658. The molecule has 0 heterocycles. The lowest BCUT2D eigenvalue weighted by Crippen LogP contribution is -2.34. The lowest BCUT2D eigenvalue weighted by molar-refractivity contribution is 0.333. The summed E-state index contributed by atoms with van der Waals surface area (Å²) in [4.78, 5) is 2.33. The summed E-state index contributed by atoms with van der Waals surface area (Å²) in [6.07, 6.45) is 1.27. The molecule has 0 aromatic heterocycles. The Kier molecular flexibility index (Phi) is 7.29. The molecule has 2 nitrogen and oxygen atoms in total. The monoisotopic (exact) mass is 186 g/mol. The molecule has 0 saturated carbocycles. The second-order valence-corrected chi connectivity index (χ2v) is 4.38. The van der Waals surface area contributed by atoms with Crippen LogP contribution in [0.2, 0.25) is 0 Å². The van der Waals surface area contributed by atoms with E-state index < -0.39 is 0 Å². The summed E-state index contributed by atoms with van der Waals surface area (Å²) < 4.78 is 0. The normalized spacial score (nSPS) is 14.1. The molecule has 0 aromatic rings. The van der Waals surface area contributed by atoms with Crippen molar-refractivity contribution in [1.29, 1.82) is 0 Å². The van der Waals surface area contributed by atoms with Gasteiger partial charge in [0.1, 0.15) is 0 Å². The van der Waals surface area contributed by atoms with Crippen LogP contribution in [-0.4, -0.2) is 37.6 Å². The average Bonchev–Trinajstić information content (AvgIpc) is 2.02. The first-order chi connectivity index (χ1) is 6.06. The first-order valence-corrected chi connectivity index (χ1v) is 5.48. The van der Waals surface area contributed by atoms with Crippen LogP contribution in [-0.2, 0) is 0 Å². The highest BCUT2D eigenvalue weighted by Gasteiger charge is 2.03. The van der Waals surface area contributed by atoms with Gasteiger partial charge in [-0.3, -0.25) is 0 Å². The van der Waals surface area contributed by atoms with E-state index in [4.69, 9.17) is 0 Å². The third-order valence-corrected chi connectivity index (χ3v) is 2.35. The van der Waals surface area contributed by atoms with E-state index in [-0.39, 0.29) is 0 Å². The Morgan fingerprint density at radius 1 is 1.23 bits per heavy atom. The van der Waals surface area contributed by atoms with Gasteiger partial charge >= 0.3 is 0 Å². The topological polar surface area (TPSA) is 15.3 Å². The molecule has 0 amide bonds. The van der Waals surface area contributed by atoms with Crippen molar-refractivity contribution in [2.24, 2.45) is 5.92 Å². The Morgan fingerprint density at radius 2 is 1.85 bits per heavy atom. The molecule has 1 unspecified atom stereocenters. The first kappa shape index (κ1) is 12.9. The Hall–Kier alpha value is -0.0800. The van der Waals surface area contributed by atoms with Crippen LogP contribution < -0.4 is 5.32 Å². The van der Waals surface area contributed by atoms with E-state index >= 15 is 0 Å². The van der Waals surface area contributed by atoms with E-state index in [2.05, 4.69) is 45.0 Å². The van der Waals surface area contributed by atoms with E-state index in [9.17, 15) is 0 Å². The lowest BCUT2D eigenvalue weighted by Gasteiger charge is -2.19. The summed E-state index contributed by atoms with van der Waals surface area (Å²) >= 11 is 0. The Morgan fingerprint density at radius 3 is 2.31 bits per heavy atom. The van der Waals surface area contributed by atoms with Crippen molar-refractivity contribution in [3.05, 3.63) is 0 Å². The second kappa shape index (κ2) is 7.34. The summed E-state index contributed by atoms with van der Waals surface area (Å²) in [5, 5.41) is 3.54. The van der Waals surface area contributed by atoms with Gasteiger partial charge in [0.2, 0.25) is 0 Å². The smallest absolute Gasteiger partial charge is 0.0104 e. The molecule has 0 saturated heterocycles. The number of rotatable bonds is 7. The highest BCUT2D eigenvalue weighted by molar-refractivity contribution is 4.63. The van der Waals surface area contributed by atoms with Crippen LogP contribution >= 0.6 is 0 Å². The van der Waals surface area contributed by atoms with Crippen molar-refractivity contribution < 1.29 is 0 Å². The lowest BCUT2D eigenvalue weighted by atomic mass is 10.1. The molecule has 0 aliphatic heterocycles. The predicted molar refractivity (Wildman–Crippen MR) is 60.1 cm³/mol. The number of nitrogens with one attached hydrogen (secondary N) is 1. The summed E-state index contributed by atoms with van der Waals surface area (Å²) in [6.45, 7) is 12.4. The van der Waals surface area contributed by atoms with Crippen molar-refractivity contribution in [1.82, 2.24) is 10.2 Å². The third-order valence-electron chi connectivity index (χ3n) is 2.35. The summed E-state index contributed by atoms with van der Waals surface area (Å²) in [5.74, 6) is 0.798. The van der Waals surface area contributed by atoms with Gasteiger partial charge in [-0.15, -0.1) is 0 Å². The Bertz CT molecular complexity index is 113. The molecule has 0 radical (unpaired) electrons. The van der Waals surface area contributed by atoms with Crippen molar-refractivity contribution >= 4 is 0 Å². The molecule has 1 atom stereocenters. The zero-order valence-electron chi connectivity index (χ0n) is 9.93. The zero-order chi connectivity index (χ0) is 10.3. The minimum Gasteiger partial charge on any atom is -0.313 e. The quantitative estimate of drug-likeness (QED) is 0.654. The predicted octanol–water partition coefficient (Wildman–Crippen LogP) is 1.96. The van der Waals surface area contributed by atoms with Crippen molar-refractivity contribution in [3.8, 4) is 0 Å². The molecule has 0 aliphatic carbocycles. The average molecular weight is 186 g/mol. The third kappa shape index (κ3) is 8.26. The summed E-state index contributed by atoms with van der Waals surface area (Å²) in [5.41, 5.74) is 0. The molecule has 0 rings (SSSR count). The minimum absolute atomic E-state index is 0.658. The SMILES string of the molecule is CCN(C)CCNC(C)CC(C)C. The highest BCUT2D eigenvalue weighted by Crippen LogP contribution is 2.02. The van der Waals surface area contributed by atoms with Crippen molar-refractivity contribution in [2.45, 2.75) is 40.2 Å². The van der Waals surface area contributed by atoms with Crippen LogP contribution in [0, 0.1) is 5.92 Å². The van der Waals surface area contributed by atoms with Crippen molar-refractivity contribution in [2.75, 3.05) is 26.7 Å². The number of likely N-dealkylation sites (N-methyl/N-ethyl adjacent to an activating group) is 1. The standard InChI is InChI=1S/C11H26N2/c1-6-13(5)8-7-12-11(4)9-10(2)3/h10-12H,6-9H2,1-5H3. The van der Waals surface area contributed by atoms with Gasteiger partial charge < -0.3 is 10.2 Å². The van der Waals surface area contributed by atoms with Crippen LogP contribution in [0.25, 0.3) is 0 Å². The molecular formula is C11H26N2. The van der Waals surface area contributed by atoms with Gasteiger partial charge in [-0.05, 0) is 32.9 Å². The highest BCUT2D eigenvalue weighted by atomic mass is 15.1. The molecule has 1 N–H and O–H groups in total. The fourth-order valence-electron chi connectivity index (χ4n) is 1.45. The van der Waals surface area contributed by atoms with Gasteiger partial charge in [0.05, 0.1) is 0 Å². The maximum absolute atomic E-state index is 3.54. The van der Waals surface area contributed by atoms with E-state index in [1.807, 2.05) is 0 Å². The molecule has 0 spiro atoms. The summed E-state index contributed by atoms with van der Waals surface area (Å²) in [6, 6.07) is 0.658. The zero-order valence-corrected chi connectivity index (χ0v) is 9.93. The molecule has 0 aliphatic rings. The first-order valence-electron chi connectivity index (χ1n) is 5.48. The van der Waals surface area contributed by atoms with E-state index in [1.54, 1.807) is 0 Å². The van der Waals surface area contributed by atoms with Gasteiger partial charge in [-0.1, -0.05) is 20.8 Å². The molecule has 80 valence electrons. The fraction of sp³-hybridized carbons (Fsp3) is 1.00. The van der Waals surface area contributed by atoms with Gasteiger partial charge in [-0.25, -0.2) is 0 Å². The molecule has 2 heteroatoms. The molecule has 0 bridgehead atoms. The summed E-state index contributed by atoms with van der Waals surface area (Å²) in [7, 11) is 2.16. The van der Waals surface area contributed by atoms with E-state index in [1.165, 1.54) is 6.42 Å². The van der Waals surface area contributed by atoms with Gasteiger partial charge in [-0.2, -0.15) is 0 Å². The Balaban J connectivity index is 3.31. The van der Waals surface area contributed by atoms with E-state index in [0.717, 1.165) is 25.6 Å². The molecule has 0 aromatic carbocycles. The van der Waals surface area contributed by atoms with Crippen LogP contribution in [0.3, 0.4) is 0 Å². The van der Waals surface area contributed by atoms with Gasteiger partial charge in [0.25, 0.3) is 0 Å². The maximum atomic E-state index is 3.54. The number of nitrogens with zero attached hydrogens (tertiary/aromatic N) is 1. The van der Waals surface area contributed by atoms with Crippen LogP contribution in [0.5, 0.6) is 0 Å². The molecule has 0 fully saturated rings. The molecule has 13 heavy (non-hydrogen) atoms. The number of hydrogen-bond acceptors (Lipinski definition) is 2. The number of hydrogen-bond donors (Lipinski definition) is 1. The van der Waals surface area contributed by atoms with Gasteiger partial charge in [0, 0.05) is 19.1 Å². The van der Waals surface area contributed by atoms with Crippen LogP contribution in [0.15, 0.2) is 0 Å². The Labute approximate surface area is 83.7 Å². The maximum Gasteiger partial charge on any atom is 0.0104 e. The largest absolute Gasteiger partial charge is 0.313 e. The van der Waals surface area contributed by atoms with Crippen molar-refractivity contribution in [3.63, 3.8) is 0 Å². The fourth-order valence-corrected chi connectivity index (χ4v) is 1.45. The second-order valence-electron chi connectivity index (χ2n) is 4.38. The van der Waals surface area contributed by atoms with Gasteiger partial charge in [0.15, 0.2) is 0 Å². The molecular weight excluding hydrogens is 160 g/mol. The van der Waals surface area contributed by atoms with Crippen LogP contribution in [0.4, 0.5) is 0 Å². The van der Waals surface area contributed by atoms with E-state index in [0.29, 0.717) is 6.04 Å². The van der Waals surface area contributed by atoms with Crippen LogP contribution in [0.1, 0.15) is 34.1 Å².